The lowest BCUT2D eigenvalue weighted by Gasteiger charge is -2.21. The maximum atomic E-state index is 12.1. The molecule has 0 aliphatic carbocycles. The molecule has 0 aromatic heterocycles. The Balaban J connectivity index is 2.82. The van der Waals surface area contributed by atoms with Gasteiger partial charge in [0.15, 0.2) is 5.78 Å². The Morgan fingerprint density at radius 3 is 2.39 bits per heavy atom. The summed E-state index contributed by atoms with van der Waals surface area (Å²) in [5.41, 5.74) is 0.891. The van der Waals surface area contributed by atoms with Crippen molar-refractivity contribution < 1.29 is 14.7 Å². The second-order valence-corrected chi connectivity index (χ2v) is 5.71. The highest BCUT2D eigenvalue weighted by Gasteiger charge is 2.25. The minimum atomic E-state index is -0.894. The molecular weight excluding hydrogens is 252 g/mol. The lowest BCUT2D eigenvalue weighted by molar-refractivity contribution is -0.139. The Kier molecular flexibility index (Phi) is 4.52. The summed E-state index contributed by atoms with van der Waals surface area (Å²) in [6, 6.07) is 5.15. The molecule has 18 heavy (non-hydrogen) atoms. The van der Waals surface area contributed by atoms with Gasteiger partial charge in [0.25, 0.3) is 0 Å². The molecule has 1 aromatic rings. The molecule has 1 N–H and O–H groups in total. The number of rotatable bonds is 5. The summed E-state index contributed by atoms with van der Waals surface area (Å²) in [5, 5.41) is 9.33. The van der Waals surface area contributed by atoms with Crippen LogP contribution in [0.5, 0.6) is 0 Å². The molecule has 0 aliphatic heterocycles. The first kappa shape index (κ1) is 14.7. The van der Waals surface area contributed by atoms with E-state index in [1.165, 1.54) is 0 Å². The van der Waals surface area contributed by atoms with Gasteiger partial charge in [-0.25, -0.2) is 0 Å². The molecule has 0 unspecified atom stereocenters. The second-order valence-electron chi connectivity index (χ2n) is 5.30. The largest absolute Gasteiger partial charge is 0.481 e. The zero-order chi connectivity index (χ0) is 13.9. The predicted octanol–water partition coefficient (Wildman–Crippen LogP) is 3.72. The number of carboxylic acid groups (broad SMARTS) is 1. The Bertz CT molecular complexity index is 478. The van der Waals surface area contributed by atoms with Gasteiger partial charge in [-0.3, -0.25) is 9.59 Å². The van der Waals surface area contributed by atoms with Crippen LogP contribution in [0.4, 0.5) is 0 Å². The van der Waals surface area contributed by atoms with E-state index in [2.05, 4.69) is 0 Å². The summed E-state index contributed by atoms with van der Waals surface area (Å²) >= 11 is 5.97. The van der Waals surface area contributed by atoms with E-state index in [-0.39, 0.29) is 18.6 Å². The number of aryl methyl sites for hydroxylation is 1. The molecule has 0 bridgehead atoms. The number of Topliss-reactive ketones (excluding diaryl/α,β-unsaturated/α-hetero) is 1. The van der Waals surface area contributed by atoms with E-state index in [0.29, 0.717) is 10.6 Å². The van der Waals surface area contributed by atoms with Crippen LogP contribution in [0.3, 0.4) is 0 Å². The van der Waals surface area contributed by atoms with Gasteiger partial charge in [0, 0.05) is 17.0 Å². The highest BCUT2D eigenvalue weighted by Crippen LogP contribution is 2.28. The SMILES string of the molecule is Cc1ccc(C(=O)CC(C)(C)CC(=O)O)cc1Cl. The number of aliphatic carboxylic acids is 1. The van der Waals surface area contributed by atoms with Gasteiger partial charge in [-0.1, -0.05) is 37.6 Å². The minimum Gasteiger partial charge on any atom is -0.481 e. The topological polar surface area (TPSA) is 54.4 Å². The molecule has 0 saturated heterocycles. The van der Waals surface area contributed by atoms with Crippen LogP contribution >= 0.6 is 11.6 Å². The van der Waals surface area contributed by atoms with Gasteiger partial charge in [-0.05, 0) is 24.0 Å². The summed E-state index contributed by atoms with van der Waals surface area (Å²) in [7, 11) is 0. The molecule has 0 radical (unpaired) electrons. The van der Waals surface area contributed by atoms with Gasteiger partial charge >= 0.3 is 5.97 Å². The third-order valence-corrected chi connectivity index (χ3v) is 3.17. The van der Waals surface area contributed by atoms with Crippen molar-refractivity contribution in [3.05, 3.63) is 34.3 Å². The van der Waals surface area contributed by atoms with Crippen molar-refractivity contribution in [1.29, 1.82) is 0 Å². The van der Waals surface area contributed by atoms with Crippen LogP contribution in [0, 0.1) is 12.3 Å². The smallest absolute Gasteiger partial charge is 0.303 e. The molecular formula is C14H17ClO3. The molecule has 1 rings (SSSR count). The number of carboxylic acids is 1. The average Bonchev–Trinajstić information content (AvgIpc) is 2.19. The second kappa shape index (κ2) is 5.53. The predicted molar refractivity (Wildman–Crippen MR) is 71.2 cm³/mol. The standard InChI is InChI=1S/C14H17ClO3/c1-9-4-5-10(6-11(9)15)12(16)7-14(2,3)8-13(17)18/h4-6H,7-8H2,1-3H3,(H,17,18). The molecule has 98 valence electrons. The van der Waals surface area contributed by atoms with E-state index in [0.717, 1.165) is 5.56 Å². The molecule has 0 saturated carbocycles. The van der Waals surface area contributed by atoms with Crippen molar-refractivity contribution in [2.24, 2.45) is 5.41 Å². The number of carbonyl (C=O) groups excluding carboxylic acids is 1. The molecule has 4 heteroatoms. The fourth-order valence-corrected chi connectivity index (χ4v) is 1.96. The van der Waals surface area contributed by atoms with E-state index in [9.17, 15) is 9.59 Å². The Hall–Kier alpha value is -1.35. The van der Waals surface area contributed by atoms with Crippen LogP contribution in [0.2, 0.25) is 5.02 Å². The zero-order valence-corrected chi connectivity index (χ0v) is 11.5. The first-order valence-corrected chi connectivity index (χ1v) is 6.10. The van der Waals surface area contributed by atoms with Crippen LogP contribution in [0.1, 0.15) is 42.6 Å². The molecule has 0 spiro atoms. The third-order valence-electron chi connectivity index (χ3n) is 2.76. The van der Waals surface area contributed by atoms with E-state index in [4.69, 9.17) is 16.7 Å². The van der Waals surface area contributed by atoms with Crippen molar-refractivity contribution in [3.8, 4) is 0 Å². The Morgan fingerprint density at radius 1 is 1.28 bits per heavy atom. The van der Waals surface area contributed by atoms with Gasteiger partial charge in [0.2, 0.25) is 0 Å². The van der Waals surface area contributed by atoms with Crippen LogP contribution in [-0.4, -0.2) is 16.9 Å². The highest BCUT2D eigenvalue weighted by molar-refractivity contribution is 6.31. The monoisotopic (exact) mass is 268 g/mol. The first-order valence-electron chi connectivity index (χ1n) is 5.72. The maximum absolute atomic E-state index is 12.1. The van der Waals surface area contributed by atoms with Crippen LogP contribution < -0.4 is 0 Å². The Morgan fingerprint density at radius 2 is 1.89 bits per heavy atom. The van der Waals surface area contributed by atoms with E-state index in [1.54, 1.807) is 32.0 Å². The highest BCUT2D eigenvalue weighted by atomic mass is 35.5. The summed E-state index contributed by atoms with van der Waals surface area (Å²) in [5.74, 6) is -0.974. The van der Waals surface area contributed by atoms with Crippen molar-refractivity contribution in [3.63, 3.8) is 0 Å². The molecule has 0 atom stereocenters. The number of halogens is 1. The fraction of sp³-hybridized carbons (Fsp3) is 0.429. The number of hydrogen-bond acceptors (Lipinski definition) is 2. The molecule has 0 aliphatic rings. The van der Waals surface area contributed by atoms with Crippen molar-refractivity contribution >= 4 is 23.4 Å². The first-order chi connectivity index (χ1) is 8.21. The van der Waals surface area contributed by atoms with Gasteiger partial charge in [0.05, 0.1) is 6.42 Å². The number of benzene rings is 1. The van der Waals surface area contributed by atoms with Crippen LogP contribution in [-0.2, 0) is 4.79 Å². The molecule has 0 fully saturated rings. The normalized spacial score (nSPS) is 11.3. The van der Waals surface area contributed by atoms with Crippen LogP contribution in [0.25, 0.3) is 0 Å². The molecule has 3 nitrogen and oxygen atoms in total. The maximum Gasteiger partial charge on any atom is 0.303 e. The quantitative estimate of drug-likeness (QED) is 0.828. The van der Waals surface area contributed by atoms with E-state index < -0.39 is 11.4 Å². The molecule has 0 amide bonds. The number of carbonyl (C=O) groups is 2. The number of hydrogen-bond donors (Lipinski definition) is 1. The summed E-state index contributed by atoms with van der Waals surface area (Å²) in [4.78, 5) is 22.8. The van der Waals surface area contributed by atoms with Crippen LogP contribution in [0.15, 0.2) is 18.2 Å². The lowest BCUT2D eigenvalue weighted by atomic mass is 9.82. The van der Waals surface area contributed by atoms with Gasteiger partial charge in [-0.15, -0.1) is 0 Å². The van der Waals surface area contributed by atoms with Gasteiger partial charge < -0.3 is 5.11 Å². The molecule has 0 heterocycles. The average molecular weight is 269 g/mol. The zero-order valence-electron chi connectivity index (χ0n) is 10.8. The van der Waals surface area contributed by atoms with E-state index in [1.807, 2.05) is 6.92 Å². The lowest BCUT2D eigenvalue weighted by Crippen LogP contribution is -2.21. The molecule has 1 aromatic carbocycles. The minimum absolute atomic E-state index is 0.0294. The third kappa shape index (κ3) is 4.15. The van der Waals surface area contributed by atoms with Crippen molar-refractivity contribution in [2.75, 3.05) is 0 Å². The number of ketones is 1. The summed E-state index contributed by atoms with van der Waals surface area (Å²) in [6.45, 7) is 5.41. The summed E-state index contributed by atoms with van der Waals surface area (Å²) < 4.78 is 0. The van der Waals surface area contributed by atoms with Gasteiger partial charge in [-0.2, -0.15) is 0 Å². The fourth-order valence-electron chi connectivity index (χ4n) is 1.77. The van der Waals surface area contributed by atoms with Crippen molar-refractivity contribution in [2.45, 2.75) is 33.6 Å². The van der Waals surface area contributed by atoms with Crippen molar-refractivity contribution in [1.82, 2.24) is 0 Å². The summed E-state index contributed by atoms with van der Waals surface area (Å²) in [6.07, 6.45) is 0.164. The van der Waals surface area contributed by atoms with E-state index >= 15 is 0 Å². The Labute approximate surface area is 112 Å². The van der Waals surface area contributed by atoms with Gasteiger partial charge in [0.1, 0.15) is 0 Å².